The number of benzene rings is 1. The molecule has 5 rings (SSSR count). The van der Waals surface area contributed by atoms with Crippen molar-refractivity contribution >= 4 is 34.9 Å². The zero-order chi connectivity index (χ0) is 29.1. The van der Waals surface area contributed by atoms with Gasteiger partial charge in [0, 0.05) is 13.8 Å². The highest BCUT2D eigenvalue weighted by Gasteiger charge is 2.53. The van der Waals surface area contributed by atoms with Gasteiger partial charge in [-0.15, -0.1) is 10.2 Å². The number of rotatable bonds is 10. The van der Waals surface area contributed by atoms with E-state index in [4.69, 9.17) is 19.9 Å². The Balaban J connectivity index is 1.51. The van der Waals surface area contributed by atoms with Crippen molar-refractivity contribution in [2.75, 3.05) is 17.7 Å². The fourth-order valence-electron chi connectivity index (χ4n) is 4.64. The third-order valence-corrected chi connectivity index (χ3v) is 6.40. The molecule has 216 valence electrons. The molecule has 1 aliphatic rings. The van der Waals surface area contributed by atoms with Gasteiger partial charge in [0.05, 0.1) is 25.5 Å². The molecular formula is C25H30N10O6. The van der Waals surface area contributed by atoms with Crippen molar-refractivity contribution in [3.05, 3.63) is 48.0 Å². The molecule has 1 aliphatic heterocycles. The number of nitrogens with two attached hydrogens (primary N) is 1. The van der Waals surface area contributed by atoms with Gasteiger partial charge in [-0.2, -0.15) is 14.8 Å². The van der Waals surface area contributed by atoms with Gasteiger partial charge in [-0.05, 0) is 24.1 Å². The molecule has 0 saturated carbocycles. The lowest BCUT2D eigenvalue weighted by atomic mass is 10.1. The van der Waals surface area contributed by atoms with Crippen molar-refractivity contribution in [3.8, 4) is 0 Å². The number of hydrogen-bond donors (Lipinski definition) is 3. The lowest BCUT2D eigenvalue weighted by Crippen LogP contribution is -2.37. The molecule has 3 aromatic heterocycles. The SMILES string of the molecule is CCn1nnc([C@H]2OC(n3cnc4c(N)nc(N[C@H](CO)Cc5ccccc5)nc43)C(OC(C)=O)[C@H]2OC(C)=O)n1. The Morgan fingerprint density at radius 2 is 1.88 bits per heavy atom. The highest BCUT2D eigenvalue weighted by molar-refractivity contribution is 5.83. The van der Waals surface area contributed by atoms with E-state index in [1.807, 2.05) is 37.3 Å². The van der Waals surface area contributed by atoms with E-state index in [-0.39, 0.29) is 35.4 Å². The first kappa shape index (κ1) is 27.9. The molecule has 0 bridgehead atoms. The molecule has 1 fully saturated rings. The third-order valence-electron chi connectivity index (χ3n) is 6.40. The zero-order valence-electron chi connectivity index (χ0n) is 22.6. The molecular weight excluding hydrogens is 536 g/mol. The fraction of sp³-hybridized carbons (Fsp3) is 0.440. The topological polar surface area (TPSA) is 207 Å². The minimum atomic E-state index is -1.12. The smallest absolute Gasteiger partial charge is 0.303 e. The monoisotopic (exact) mass is 566 g/mol. The summed E-state index contributed by atoms with van der Waals surface area (Å²) >= 11 is 0. The number of aliphatic hydroxyl groups is 1. The Bertz CT molecular complexity index is 1530. The molecule has 16 nitrogen and oxygen atoms in total. The summed E-state index contributed by atoms with van der Waals surface area (Å²) in [5.74, 6) is -0.874. The number of esters is 2. The number of tetrazole rings is 1. The number of aryl methyl sites for hydroxylation is 1. The number of nitrogens with zero attached hydrogens (tertiary/aromatic N) is 8. The number of fused-ring (bicyclic) bond motifs is 1. The molecule has 4 heterocycles. The number of nitrogen functional groups attached to an aromatic ring is 1. The third kappa shape index (κ3) is 5.92. The maximum atomic E-state index is 12.1. The van der Waals surface area contributed by atoms with Gasteiger partial charge in [0.1, 0.15) is 5.52 Å². The Kier molecular flexibility index (Phi) is 8.02. The van der Waals surface area contributed by atoms with Crippen molar-refractivity contribution in [3.63, 3.8) is 0 Å². The Morgan fingerprint density at radius 3 is 2.54 bits per heavy atom. The lowest BCUT2D eigenvalue weighted by Gasteiger charge is -2.23. The van der Waals surface area contributed by atoms with Gasteiger partial charge >= 0.3 is 11.9 Å². The van der Waals surface area contributed by atoms with Crippen LogP contribution in [-0.2, 0) is 36.8 Å². The number of hydrogen-bond acceptors (Lipinski definition) is 14. The summed E-state index contributed by atoms with van der Waals surface area (Å²) in [6.45, 7) is 4.57. The fourth-order valence-corrected chi connectivity index (χ4v) is 4.64. The molecule has 0 radical (unpaired) electrons. The van der Waals surface area contributed by atoms with E-state index in [1.54, 1.807) is 0 Å². The van der Waals surface area contributed by atoms with Gasteiger partial charge in [0.2, 0.25) is 11.8 Å². The predicted molar refractivity (Wildman–Crippen MR) is 142 cm³/mol. The summed E-state index contributed by atoms with van der Waals surface area (Å²) in [6.07, 6.45) is -2.38. The Hall–Kier alpha value is -4.70. The minimum Gasteiger partial charge on any atom is -0.455 e. The van der Waals surface area contributed by atoms with Crippen LogP contribution >= 0.6 is 0 Å². The Morgan fingerprint density at radius 1 is 1.15 bits per heavy atom. The van der Waals surface area contributed by atoms with Crippen LogP contribution in [-0.4, -0.2) is 81.6 Å². The van der Waals surface area contributed by atoms with Gasteiger partial charge in [-0.3, -0.25) is 14.2 Å². The van der Waals surface area contributed by atoms with Crippen LogP contribution < -0.4 is 11.1 Å². The molecule has 2 unspecified atom stereocenters. The van der Waals surface area contributed by atoms with Crippen LogP contribution in [0.4, 0.5) is 11.8 Å². The van der Waals surface area contributed by atoms with Gasteiger partial charge in [-0.25, -0.2) is 4.98 Å². The van der Waals surface area contributed by atoms with Crippen LogP contribution in [0, 0.1) is 0 Å². The van der Waals surface area contributed by atoms with E-state index < -0.39 is 42.5 Å². The van der Waals surface area contributed by atoms with Gasteiger partial charge in [0.25, 0.3) is 0 Å². The van der Waals surface area contributed by atoms with Crippen molar-refractivity contribution in [2.45, 2.75) is 64.3 Å². The van der Waals surface area contributed by atoms with E-state index in [0.717, 1.165) is 5.56 Å². The van der Waals surface area contributed by atoms with E-state index in [2.05, 4.69) is 35.7 Å². The average molecular weight is 567 g/mol. The van der Waals surface area contributed by atoms with E-state index >= 15 is 0 Å². The molecule has 1 aromatic carbocycles. The van der Waals surface area contributed by atoms with Crippen LogP contribution in [0.2, 0.25) is 0 Å². The normalized spacial score (nSPS) is 21.1. The number of anilines is 2. The molecule has 4 N–H and O–H groups in total. The maximum Gasteiger partial charge on any atom is 0.303 e. The van der Waals surface area contributed by atoms with Gasteiger partial charge in [0.15, 0.2) is 36.0 Å². The largest absolute Gasteiger partial charge is 0.455 e. The summed E-state index contributed by atoms with van der Waals surface area (Å²) in [4.78, 5) is 38.8. The number of carbonyl (C=O) groups excluding carboxylic acids is 2. The standard InChI is InChI=1S/C25H30N10O6/c1-4-35-32-22(31-33-35)19-18(39-13(2)37)20(40-14(3)38)24(41-19)34-12-27-17-21(26)29-25(30-23(17)34)28-16(11-36)10-15-8-6-5-7-9-15/h5-9,12,16,18-20,24,36H,4,10-11H2,1-3H3,(H3,26,28,29,30)/t16-,18-,19-,20?,24?/m0/s1. The van der Waals surface area contributed by atoms with Crippen molar-refractivity contribution in [2.24, 2.45) is 0 Å². The van der Waals surface area contributed by atoms with Crippen LogP contribution in [0.15, 0.2) is 36.7 Å². The molecule has 0 aliphatic carbocycles. The number of aliphatic hydroxyl groups excluding tert-OH is 1. The highest BCUT2D eigenvalue weighted by atomic mass is 16.6. The summed E-state index contributed by atoms with van der Waals surface area (Å²) in [5.41, 5.74) is 7.77. The molecule has 41 heavy (non-hydrogen) atoms. The van der Waals surface area contributed by atoms with Crippen molar-refractivity contribution < 1.29 is 28.9 Å². The zero-order valence-corrected chi connectivity index (χ0v) is 22.6. The van der Waals surface area contributed by atoms with Crippen LogP contribution in [0.25, 0.3) is 11.2 Å². The molecule has 5 atom stereocenters. The first-order chi connectivity index (χ1) is 19.8. The molecule has 4 aromatic rings. The second-order valence-corrected chi connectivity index (χ2v) is 9.40. The van der Waals surface area contributed by atoms with E-state index in [9.17, 15) is 14.7 Å². The summed E-state index contributed by atoms with van der Waals surface area (Å²) in [7, 11) is 0. The van der Waals surface area contributed by atoms with E-state index in [0.29, 0.717) is 13.0 Å². The van der Waals surface area contributed by atoms with Crippen LogP contribution in [0.5, 0.6) is 0 Å². The summed E-state index contributed by atoms with van der Waals surface area (Å²) < 4.78 is 19.0. The van der Waals surface area contributed by atoms with E-state index in [1.165, 1.54) is 29.5 Å². The van der Waals surface area contributed by atoms with Crippen LogP contribution in [0.3, 0.4) is 0 Å². The first-order valence-corrected chi connectivity index (χ1v) is 13.0. The minimum absolute atomic E-state index is 0.0790. The first-order valence-electron chi connectivity index (χ1n) is 13.0. The predicted octanol–water partition coefficient (Wildman–Crippen LogP) is 0.564. The summed E-state index contributed by atoms with van der Waals surface area (Å²) in [6, 6.07) is 9.24. The maximum absolute atomic E-state index is 12.1. The van der Waals surface area contributed by atoms with Gasteiger partial charge in [-0.1, -0.05) is 30.3 Å². The quantitative estimate of drug-likeness (QED) is 0.224. The molecule has 0 amide bonds. The average Bonchev–Trinajstić information content (AvgIpc) is 3.66. The number of imidazole rings is 1. The Labute approximate surface area is 233 Å². The number of carbonyl (C=O) groups is 2. The van der Waals surface area contributed by atoms with Crippen molar-refractivity contribution in [1.29, 1.82) is 0 Å². The highest BCUT2D eigenvalue weighted by Crippen LogP contribution is 2.42. The molecule has 0 spiro atoms. The van der Waals surface area contributed by atoms with Gasteiger partial charge < -0.3 is 30.4 Å². The van der Waals surface area contributed by atoms with Crippen molar-refractivity contribution in [1.82, 2.24) is 39.7 Å². The molecule has 16 heteroatoms. The summed E-state index contributed by atoms with van der Waals surface area (Å²) in [5, 5.41) is 25.4. The number of ether oxygens (including phenoxy) is 3. The second-order valence-electron chi connectivity index (χ2n) is 9.40. The second kappa shape index (κ2) is 11.8. The number of nitrogens with one attached hydrogen (secondary N) is 1. The lowest BCUT2D eigenvalue weighted by molar-refractivity contribution is -0.165. The number of aromatic nitrogens is 8. The molecule has 1 saturated heterocycles. The van der Waals surface area contributed by atoms with Crippen LogP contribution in [0.1, 0.15) is 44.5 Å².